The Balaban J connectivity index is 1.79. The minimum atomic E-state index is -0.258. The molecule has 0 aliphatic heterocycles. The van der Waals surface area contributed by atoms with Gasteiger partial charge in [0.05, 0.1) is 11.7 Å². The molecule has 0 radical (unpaired) electrons. The van der Waals surface area contributed by atoms with E-state index in [1.807, 2.05) is 44.2 Å². The summed E-state index contributed by atoms with van der Waals surface area (Å²) in [6.07, 6.45) is 3.98. The first-order chi connectivity index (χ1) is 13.6. The Hall–Kier alpha value is -3.19. The fourth-order valence-electron chi connectivity index (χ4n) is 3.01. The highest BCUT2D eigenvalue weighted by molar-refractivity contribution is 5.94. The summed E-state index contributed by atoms with van der Waals surface area (Å²) in [7, 11) is 0. The Bertz CT molecular complexity index is 924. The van der Waals surface area contributed by atoms with Crippen LogP contribution in [0.1, 0.15) is 41.0 Å². The molecular formula is C21H25N5O2. The van der Waals surface area contributed by atoms with Crippen LogP contribution in [0, 0.1) is 6.92 Å². The number of nitrogens with one attached hydrogen (secondary N) is 3. The summed E-state index contributed by atoms with van der Waals surface area (Å²) in [5, 5.41) is 15.4. The molecule has 7 heteroatoms. The van der Waals surface area contributed by atoms with E-state index in [0.717, 1.165) is 28.9 Å². The fourth-order valence-corrected chi connectivity index (χ4v) is 3.01. The Morgan fingerprint density at radius 2 is 2.07 bits per heavy atom. The molecule has 7 nitrogen and oxygen atoms in total. The molecule has 28 heavy (non-hydrogen) atoms. The van der Waals surface area contributed by atoms with Crippen LogP contribution in [0.2, 0.25) is 0 Å². The van der Waals surface area contributed by atoms with Crippen LogP contribution in [0.3, 0.4) is 0 Å². The van der Waals surface area contributed by atoms with Gasteiger partial charge in [0.25, 0.3) is 5.91 Å². The van der Waals surface area contributed by atoms with Crippen LogP contribution in [0.5, 0.6) is 0 Å². The van der Waals surface area contributed by atoms with Crippen molar-refractivity contribution in [2.24, 2.45) is 0 Å². The largest absolute Gasteiger partial charge is 0.396 e. The molecule has 0 aliphatic carbocycles. The fraction of sp³-hybridized carbons (Fsp3) is 0.286. The molecule has 0 aliphatic rings. The van der Waals surface area contributed by atoms with Crippen LogP contribution in [0.4, 0.5) is 5.95 Å². The van der Waals surface area contributed by atoms with Gasteiger partial charge in [-0.1, -0.05) is 30.3 Å². The van der Waals surface area contributed by atoms with Crippen molar-refractivity contribution in [1.29, 1.82) is 0 Å². The first kappa shape index (κ1) is 19.6. The Morgan fingerprint density at radius 1 is 1.29 bits per heavy atom. The number of hydrogen-bond acceptors (Lipinski definition) is 5. The lowest BCUT2D eigenvalue weighted by Crippen LogP contribution is -2.29. The molecule has 0 saturated carbocycles. The molecule has 2 aromatic heterocycles. The number of carbonyl (C=O) groups is 1. The van der Waals surface area contributed by atoms with Gasteiger partial charge in [-0.25, -0.2) is 9.97 Å². The normalized spacial score (nSPS) is 11.8. The van der Waals surface area contributed by atoms with Crippen LogP contribution in [0.25, 0.3) is 11.3 Å². The number of aryl methyl sites for hydroxylation is 1. The monoisotopic (exact) mass is 379 g/mol. The second-order valence-electron chi connectivity index (χ2n) is 6.51. The SMILES string of the molecule is CCNc1ncc(C)c(-c2c[nH]c(C(=O)NC(CCO)c3ccccc3)c2)n1. The van der Waals surface area contributed by atoms with E-state index in [9.17, 15) is 9.90 Å². The Labute approximate surface area is 164 Å². The van der Waals surface area contributed by atoms with Crippen molar-refractivity contribution < 1.29 is 9.90 Å². The molecule has 0 saturated heterocycles. The number of anilines is 1. The second-order valence-corrected chi connectivity index (χ2v) is 6.51. The molecule has 1 unspecified atom stereocenters. The molecule has 3 rings (SSSR count). The molecule has 0 bridgehead atoms. The number of H-pyrrole nitrogens is 1. The summed E-state index contributed by atoms with van der Waals surface area (Å²) < 4.78 is 0. The molecule has 2 heterocycles. The van der Waals surface area contributed by atoms with Crippen molar-refractivity contribution in [3.8, 4) is 11.3 Å². The van der Waals surface area contributed by atoms with Gasteiger partial charge < -0.3 is 20.7 Å². The third-order valence-electron chi connectivity index (χ3n) is 4.43. The number of aliphatic hydroxyl groups excluding tert-OH is 1. The smallest absolute Gasteiger partial charge is 0.268 e. The van der Waals surface area contributed by atoms with E-state index in [2.05, 4.69) is 25.6 Å². The summed E-state index contributed by atoms with van der Waals surface area (Å²) in [5.74, 6) is 0.328. The minimum Gasteiger partial charge on any atom is -0.396 e. The van der Waals surface area contributed by atoms with Gasteiger partial charge in [-0.15, -0.1) is 0 Å². The number of rotatable bonds is 8. The number of nitrogens with zero attached hydrogens (tertiary/aromatic N) is 2. The molecule has 146 valence electrons. The number of benzene rings is 1. The minimum absolute atomic E-state index is 0.0108. The maximum atomic E-state index is 12.7. The second kappa shape index (κ2) is 9.14. The zero-order chi connectivity index (χ0) is 19.9. The molecule has 1 aromatic carbocycles. The predicted molar refractivity (Wildman–Crippen MR) is 109 cm³/mol. The highest BCUT2D eigenvalue weighted by Gasteiger charge is 2.17. The average Bonchev–Trinajstić information content (AvgIpc) is 3.20. The predicted octanol–water partition coefficient (Wildman–Crippen LogP) is 3.07. The third-order valence-corrected chi connectivity index (χ3v) is 4.43. The van der Waals surface area contributed by atoms with Crippen LogP contribution in [-0.4, -0.2) is 39.1 Å². The summed E-state index contributed by atoms with van der Waals surface area (Å²) in [5.41, 5.74) is 3.92. The van der Waals surface area contributed by atoms with Crippen molar-refractivity contribution in [3.63, 3.8) is 0 Å². The van der Waals surface area contributed by atoms with Gasteiger partial charge in [-0.3, -0.25) is 4.79 Å². The maximum Gasteiger partial charge on any atom is 0.268 e. The lowest BCUT2D eigenvalue weighted by atomic mass is 10.0. The van der Waals surface area contributed by atoms with Crippen molar-refractivity contribution in [1.82, 2.24) is 20.3 Å². The first-order valence-corrected chi connectivity index (χ1v) is 9.35. The standard InChI is InChI=1S/C21H25N5O2/c1-3-22-21-24-12-14(2)19(26-21)16-11-18(23-13-16)20(28)25-17(9-10-27)15-7-5-4-6-8-15/h4-8,11-13,17,23,27H,3,9-10H2,1-2H3,(H,25,28)(H,22,24,26). The molecule has 1 amide bonds. The molecular weight excluding hydrogens is 354 g/mol. The molecule has 3 aromatic rings. The van der Waals surface area contributed by atoms with Gasteiger partial charge in [0, 0.05) is 31.1 Å². The topological polar surface area (TPSA) is 103 Å². The lowest BCUT2D eigenvalue weighted by molar-refractivity contribution is 0.0925. The first-order valence-electron chi connectivity index (χ1n) is 9.35. The van der Waals surface area contributed by atoms with Crippen molar-refractivity contribution in [2.45, 2.75) is 26.3 Å². The maximum absolute atomic E-state index is 12.7. The lowest BCUT2D eigenvalue weighted by Gasteiger charge is -2.17. The number of aromatic amines is 1. The Kier molecular flexibility index (Phi) is 6.39. The van der Waals surface area contributed by atoms with E-state index in [-0.39, 0.29) is 18.6 Å². The van der Waals surface area contributed by atoms with Gasteiger partial charge in [0.2, 0.25) is 5.95 Å². The van der Waals surface area contributed by atoms with E-state index in [4.69, 9.17) is 0 Å². The third kappa shape index (κ3) is 4.55. The van der Waals surface area contributed by atoms with Gasteiger partial charge >= 0.3 is 0 Å². The van der Waals surface area contributed by atoms with E-state index < -0.39 is 0 Å². The van der Waals surface area contributed by atoms with Crippen molar-refractivity contribution in [3.05, 3.63) is 65.6 Å². The van der Waals surface area contributed by atoms with E-state index in [1.54, 1.807) is 18.5 Å². The zero-order valence-corrected chi connectivity index (χ0v) is 16.1. The summed E-state index contributed by atoms with van der Waals surface area (Å²) >= 11 is 0. The zero-order valence-electron chi connectivity index (χ0n) is 16.1. The van der Waals surface area contributed by atoms with Crippen LogP contribution < -0.4 is 10.6 Å². The summed E-state index contributed by atoms with van der Waals surface area (Å²) in [6, 6.07) is 11.1. The van der Waals surface area contributed by atoms with Crippen LogP contribution >= 0.6 is 0 Å². The number of amides is 1. The summed E-state index contributed by atoms with van der Waals surface area (Å²) in [4.78, 5) is 24.5. The highest BCUT2D eigenvalue weighted by atomic mass is 16.3. The Morgan fingerprint density at radius 3 is 2.79 bits per heavy atom. The molecule has 0 spiro atoms. The highest BCUT2D eigenvalue weighted by Crippen LogP contribution is 2.23. The van der Waals surface area contributed by atoms with Crippen molar-refractivity contribution in [2.75, 3.05) is 18.5 Å². The summed E-state index contributed by atoms with van der Waals surface area (Å²) in [6.45, 7) is 4.64. The number of carbonyl (C=O) groups excluding carboxylic acids is 1. The van der Waals surface area contributed by atoms with E-state index in [0.29, 0.717) is 18.1 Å². The number of hydrogen-bond donors (Lipinski definition) is 4. The van der Waals surface area contributed by atoms with E-state index >= 15 is 0 Å². The molecule has 0 fully saturated rings. The molecule has 4 N–H and O–H groups in total. The van der Waals surface area contributed by atoms with Gasteiger partial charge in [0.1, 0.15) is 5.69 Å². The van der Waals surface area contributed by atoms with Crippen molar-refractivity contribution >= 4 is 11.9 Å². The van der Waals surface area contributed by atoms with Gasteiger partial charge in [-0.2, -0.15) is 0 Å². The van der Waals surface area contributed by atoms with Gasteiger partial charge in [0.15, 0.2) is 0 Å². The number of aromatic nitrogens is 3. The van der Waals surface area contributed by atoms with Crippen LogP contribution in [0.15, 0.2) is 48.8 Å². The average molecular weight is 379 g/mol. The molecule has 1 atom stereocenters. The van der Waals surface area contributed by atoms with Crippen LogP contribution in [-0.2, 0) is 0 Å². The number of aliphatic hydroxyl groups is 1. The van der Waals surface area contributed by atoms with Gasteiger partial charge in [-0.05, 0) is 37.5 Å². The van der Waals surface area contributed by atoms with E-state index in [1.165, 1.54) is 0 Å². The quantitative estimate of drug-likeness (QED) is 0.482.